The molecular weight excluding hydrogens is 502 g/mol. The standard InChI is InChI=1S/C25H28ClN5O4S/c1-5-31-22(21(15(2)3)28-23(33)18-11-6-7-12-19(18)26)29-30-25(31)36-14-20(32)27-17-10-8-9-16(13-17)24(34)35-4/h6-13,15,21H,5,14H2,1-4H3,(H,27,32)(H,28,33)/t21-/m0/s1. The number of aromatic nitrogens is 3. The molecule has 0 bridgehead atoms. The first-order chi connectivity index (χ1) is 17.2. The number of esters is 1. The van der Waals surface area contributed by atoms with Gasteiger partial charge in [0.2, 0.25) is 5.91 Å². The second-order valence-electron chi connectivity index (χ2n) is 8.17. The van der Waals surface area contributed by atoms with Gasteiger partial charge in [0.25, 0.3) is 5.91 Å². The molecule has 11 heteroatoms. The number of carbonyl (C=O) groups excluding carboxylic acids is 3. The van der Waals surface area contributed by atoms with E-state index in [1.807, 2.05) is 25.3 Å². The van der Waals surface area contributed by atoms with Crippen molar-refractivity contribution in [3.8, 4) is 0 Å². The van der Waals surface area contributed by atoms with Gasteiger partial charge in [-0.1, -0.05) is 55.4 Å². The highest BCUT2D eigenvalue weighted by Crippen LogP contribution is 2.26. The molecule has 0 spiro atoms. The molecule has 36 heavy (non-hydrogen) atoms. The first-order valence-electron chi connectivity index (χ1n) is 11.3. The van der Waals surface area contributed by atoms with Gasteiger partial charge in [-0.2, -0.15) is 0 Å². The van der Waals surface area contributed by atoms with Crippen molar-refractivity contribution in [3.63, 3.8) is 0 Å². The second kappa shape index (κ2) is 12.5. The molecule has 1 heterocycles. The maximum absolute atomic E-state index is 12.9. The lowest BCUT2D eigenvalue weighted by molar-refractivity contribution is -0.113. The van der Waals surface area contributed by atoms with Crippen LogP contribution in [0.25, 0.3) is 0 Å². The smallest absolute Gasteiger partial charge is 0.337 e. The third-order valence-electron chi connectivity index (χ3n) is 5.31. The van der Waals surface area contributed by atoms with Crippen LogP contribution in [-0.2, 0) is 16.1 Å². The Kier molecular flexibility index (Phi) is 9.49. The molecule has 0 unspecified atom stereocenters. The van der Waals surface area contributed by atoms with E-state index in [9.17, 15) is 14.4 Å². The highest BCUT2D eigenvalue weighted by atomic mass is 35.5. The van der Waals surface area contributed by atoms with Crippen LogP contribution in [0.2, 0.25) is 5.02 Å². The summed E-state index contributed by atoms with van der Waals surface area (Å²) in [5, 5.41) is 15.3. The number of ether oxygens (including phenoxy) is 1. The van der Waals surface area contributed by atoms with Crippen LogP contribution in [-0.4, -0.2) is 45.4 Å². The van der Waals surface area contributed by atoms with Gasteiger partial charge in [0.05, 0.1) is 35.1 Å². The van der Waals surface area contributed by atoms with E-state index in [1.165, 1.54) is 18.9 Å². The van der Waals surface area contributed by atoms with E-state index in [4.69, 9.17) is 16.3 Å². The molecule has 0 aliphatic heterocycles. The van der Waals surface area contributed by atoms with Crippen LogP contribution < -0.4 is 10.6 Å². The van der Waals surface area contributed by atoms with E-state index in [0.717, 1.165) is 0 Å². The minimum Gasteiger partial charge on any atom is -0.465 e. The number of thioether (sulfide) groups is 1. The third-order valence-corrected chi connectivity index (χ3v) is 6.61. The van der Waals surface area contributed by atoms with Crippen molar-refractivity contribution in [2.75, 3.05) is 18.2 Å². The molecule has 0 saturated carbocycles. The van der Waals surface area contributed by atoms with Crippen molar-refractivity contribution in [1.29, 1.82) is 0 Å². The molecule has 3 rings (SSSR count). The van der Waals surface area contributed by atoms with Gasteiger partial charge in [-0.05, 0) is 43.2 Å². The fourth-order valence-electron chi connectivity index (χ4n) is 3.50. The third kappa shape index (κ3) is 6.64. The first-order valence-corrected chi connectivity index (χ1v) is 12.7. The fraction of sp³-hybridized carbons (Fsp3) is 0.320. The Hall–Kier alpha value is -3.37. The molecule has 2 aromatic carbocycles. The van der Waals surface area contributed by atoms with E-state index in [1.54, 1.807) is 48.5 Å². The molecule has 2 amide bonds. The van der Waals surface area contributed by atoms with Gasteiger partial charge in [0.1, 0.15) is 0 Å². The summed E-state index contributed by atoms with van der Waals surface area (Å²) in [5.74, 6) is -0.339. The average Bonchev–Trinajstić information content (AvgIpc) is 3.28. The van der Waals surface area contributed by atoms with E-state index >= 15 is 0 Å². The lowest BCUT2D eigenvalue weighted by Gasteiger charge is -2.22. The van der Waals surface area contributed by atoms with Gasteiger partial charge >= 0.3 is 5.97 Å². The van der Waals surface area contributed by atoms with E-state index in [0.29, 0.717) is 39.4 Å². The van der Waals surface area contributed by atoms with Crippen molar-refractivity contribution in [2.24, 2.45) is 5.92 Å². The summed E-state index contributed by atoms with van der Waals surface area (Å²) in [4.78, 5) is 37.2. The van der Waals surface area contributed by atoms with E-state index in [-0.39, 0.29) is 23.5 Å². The van der Waals surface area contributed by atoms with Crippen LogP contribution in [0.4, 0.5) is 5.69 Å². The zero-order valence-electron chi connectivity index (χ0n) is 20.4. The summed E-state index contributed by atoms with van der Waals surface area (Å²) >= 11 is 7.43. The number of nitrogens with one attached hydrogen (secondary N) is 2. The highest BCUT2D eigenvalue weighted by Gasteiger charge is 2.26. The predicted molar refractivity (Wildman–Crippen MR) is 139 cm³/mol. The number of hydrogen-bond donors (Lipinski definition) is 2. The second-order valence-corrected chi connectivity index (χ2v) is 9.52. The topological polar surface area (TPSA) is 115 Å². The molecule has 1 atom stereocenters. The van der Waals surface area contributed by atoms with Gasteiger partial charge < -0.3 is 19.9 Å². The van der Waals surface area contributed by atoms with Crippen LogP contribution in [0.15, 0.2) is 53.7 Å². The lowest BCUT2D eigenvalue weighted by Crippen LogP contribution is -2.34. The number of rotatable bonds is 10. The molecule has 0 aliphatic carbocycles. The molecule has 0 aliphatic rings. The Morgan fingerprint density at radius 3 is 2.53 bits per heavy atom. The molecule has 0 fully saturated rings. The summed E-state index contributed by atoms with van der Waals surface area (Å²) in [5.41, 5.74) is 1.22. The molecule has 1 aromatic heterocycles. The Balaban J connectivity index is 1.70. The van der Waals surface area contributed by atoms with E-state index in [2.05, 4.69) is 20.8 Å². The van der Waals surface area contributed by atoms with Crippen LogP contribution >= 0.6 is 23.4 Å². The minimum absolute atomic E-state index is 0.0224. The number of amides is 2. The Morgan fingerprint density at radius 1 is 1.11 bits per heavy atom. The average molecular weight is 530 g/mol. The molecule has 2 N–H and O–H groups in total. The van der Waals surface area contributed by atoms with Crippen LogP contribution in [0, 0.1) is 5.92 Å². The van der Waals surface area contributed by atoms with E-state index < -0.39 is 12.0 Å². The molecule has 0 radical (unpaired) electrons. The van der Waals surface area contributed by atoms with Gasteiger partial charge in [-0.15, -0.1) is 10.2 Å². The number of benzene rings is 2. The largest absolute Gasteiger partial charge is 0.465 e. The van der Waals surface area contributed by atoms with Gasteiger partial charge in [-0.25, -0.2) is 4.79 Å². The summed E-state index contributed by atoms with van der Waals surface area (Å²) in [6, 6.07) is 13.0. The highest BCUT2D eigenvalue weighted by molar-refractivity contribution is 7.99. The molecule has 190 valence electrons. The van der Waals surface area contributed by atoms with Crippen molar-refractivity contribution in [2.45, 2.75) is 38.5 Å². The van der Waals surface area contributed by atoms with Crippen LogP contribution in [0.1, 0.15) is 53.4 Å². The lowest BCUT2D eigenvalue weighted by atomic mass is 10.0. The predicted octanol–water partition coefficient (Wildman–Crippen LogP) is 4.60. The zero-order chi connectivity index (χ0) is 26.2. The molecule has 3 aromatic rings. The Morgan fingerprint density at radius 2 is 1.86 bits per heavy atom. The summed E-state index contributed by atoms with van der Waals surface area (Å²) < 4.78 is 6.60. The molecule has 9 nitrogen and oxygen atoms in total. The summed E-state index contributed by atoms with van der Waals surface area (Å²) in [6.45, 7) is 6.46. The fourth-order valence-corrected chi connectivity index (χ4v) is 4.53. The first kappa shape index (κ1) is 27.2. The quantitative estimate of drug-likeness (QED) is 0.291. The zero-order valence-corrected chi connectivity index (χ0v) is 22.0. The monoisotopic (exact) mass is 529 g/mol. The van der Waals surface area contributed by atoms with Gasteiger partial charge in [-0.3, -0.25) is 9.59 Å². The normalized spacial score (nSPS) is 11.7. The summed E-state index contributed by atoms with van der Waals surface area (Å²) in [6.07, 6.45) is 0. The number of anilines is 1. The van der Waals surface area contributed by atoms with Crippen molar-refractivity contribution in [3.05, 3.63) is 70.5 Å². The Labute approximate surface area is 219 Å². The molecular formula is C25H28ClN5O4S. The SMILES string of the molecule is CCn1c(SCC(=O)Nc2cccc(C(=O)OC)c2)nnc1[C@@H](NC(=O)c1ccccc1Cl)C(C)C. The van der Waals surface area contributed by atoms with Crippen molar-refractivity contribution >= 4 is 46.8 Å². The Bertz CT molecular complexity index is 1250. The number of hydrogen-bond acceptors (Lipinski definition) is 7. The number of halogens is 1. The molecule has 0 saturated heterocycles. The number of methoxy groups -OCH3 is 1. The van der Waals surface area contributed by atoms with Crippen molar-refractivity contribution in [1.82, 2.24) is 20.1 Å². The summed E-state index contributed by atoms with van der Waals surface area (Å²) in [7, 11) is 1.30. The van der Waals surface area contributed by atoms with Crippen LogP contribution in [0.5, 0.6) is 0 Å². The number of carbonyl (C=O) groups is 3. The maximum atomic E-state index is 12.9. The van der Waals surface area contributed by atoms with Crippen molar-refractivity contribution < 1.29 is 19.1 Å². The van der Waals surface area contributed by atoms with Crippen LogP contribution in [0.3, 0.4) is 0 Å². The minimum atomic E-state index is -0.481. The number of nitrogens with zero attached hydrogens (tertiary/aromatic N) is 3. The maximum Gasteiger partial charge on any atom is 0.337 e. The van der Waals surface area contributed by atoms with Gasteiger partial charge in [0.15, 0.2) is 11.0 Å². The van der Waals surface area contributed by atoms with Gasteiger partial charge in [0, 0.05) is 12.2 Å².